The van der Waals surface area contributed by atoms with Gasteiger partial charge in [0.15, 0.2) is 0 Å². The van der Waals surface area contributed by atoms with Crippen LogP contribution in [0.1, 0.15) is 44.7 Å². The van der Waals surface area contributed by atoms with Crippen LogP contribution in [0.3, 0.4) is 0 Å². The lowest BCUT2D eigenvalue weighted by molar-refractivity contribution is 0.0966. The fraction of sp³-hybridized carbons (Fsp3) is 0.600. The van der Waals surface area contributed by atoms with Gasteiger partial charge in [-0.25, -0.2) is 4.39 Å². The van der Waals surface area contributed by atoms with Gasteiger partial charge in [-0.15, -0.1) is 0 Å². The average molecular weight is 251 g/mol. The van der Waals surface area contributed by atoms with E-state index in [1.54, 1.807) is 12.1 Å². The maximum absolute atomic E-state index is 13.3. The first-order chi connectivity index (χ1) is 8.65. The van der Waals surface area contributed by atoms with Crippen LogP contribution in [0.5, 0.6) is 5.75 Å². The van der Waals surface area contributed by atoms with Crippen LogP contribution in [-0.2, 0) is 0 Å². The van der Waals surface area contributed by atoms with Crippen molar-refractivity contribution < 1.29 is 9.13 Å². The van der Waals surface area contributed by atoms with E-state index in [9.17, 15) is 4.39 Å². The van der Waals surface area contributed by atoms with Gasteiger partial charge in [-0.05, 0) is 37.6 Å². The number of nitrogens with one attached hydrogen (secondary N) is 1. The maximum Gasteiger partial charge on any atom is 0.124 e. The van der Waals surface area contributed by atoms with E-state index in [0.717, 1.165) is 24.2 Å². The van der Waals surface area contributed by atoms with Crippen LogP contribution >= 0.6 is 0 Å². The molecular formula is C15H22FNO. The third-order valence-electron chi connectivity index (χ3n) is 3.82. The van der Waals surface area contributed by atoms with Gasteiger partial charge in [-0.1, -0.05) is 20.3 Å². The molecule has 2 rings (SSSR count). The Morgan fingerprint density at radius 3 is 2.94 bits per heavy atom. The van der Waals surface area contributed by atoms with Crippen LogP contribution in [0, 0.1) is 11.7 Å². The second-order valence-electron chi connectivity index (χ2n) is 5.18. The lowest BCUT2D eigenvalue weighted by atomic mass is 9.88. The normalized spacial score (nSPS) is 24.2. The fourth-order valence-corrected chi connectivity index (χ4v) is 2.73. The van der Waals surface area contributed by atoms with Gasteiger partial charge >= 0.3 is 0 Å². The number of halogens is 1. The van der Waals surface area contributed by atoms with E-state index < -0.39 is 0 Å². The molecule has 3 heteroatoms. The molecule has 1 heterocycles. The molecule has 1 aliphatic rings. The first-order valence-corrected chi connectivity index (χ1v) is 6.79. The minimum atomic E-state index is -0.197. The molecule has 100 valence electrons. The number of fused-ring (bicyclic) bond motifs is 1. The zero-order valence-electron chi connectivity index (χ0n) is 11.4. The van der Waals surface area contributed by atoms with Crippen molar-refractivity contribution in [1.29, 1.82) is 0 Å². The Balaban J connectivity index is 2.22. The summed E-state index contributed by atoms with van der Waals surface area (Å²) in [6.45, 7) is 4.42. The predicted octanol–water partition coefficient (Wildman–Crippen LogP) is 3.67. The summed E-state index contributed by atoms with van der Waals surface area (Å²) in [6, 6.07) is 4.99. The van der Waals surface area contributed by atoms with Crippen LogP contribution in [0.25, 0.3) is 0 Å². The highest BCUT2D eigenvalue weighted by Crippen LogP contribution is 2.37. The second kappa shape index (κ2) is 5.70. The lowest BCUT2D eigenvalue weighted by Gasteiger charge is -2.35. The van der Waals surface area contributed by atoms with Gasteiger partial charge in [0.1, 0.15) is 17.7 Å². The van der Waals surface area contributed by atoms with Gasteiger partial charge in [0.05, 0.1) is 0 Å². The van der Waals surface area contributed by atoms with E-state index in [-0.39, 0.29) is 18.0 Å². The zero-order valence-corrected chi connectivity index (χ0v) is 11.4. The Bertz CT molecular complexity index is 407. The monoisotopic (exact) mass is 251 g/mol. The molecule has 1 aliphatic heterocycles. The van der Waals surface area contributed by atoms with Gasteiger partial charge < -0.3 is 10.1 Å². The number of hydrogen-bond acceptors (Lipinski definition) is 2. The highest BCUT2D eigenvalue weighted by Gasteiger charge is 2.30. The van der Waals surface area contributed by atoms with Crippen molar-refractivity contribution in [1.82, 2.24) is 5.32 Å². The van der Waals surface area contributed by atoms with Crippen LogP contribution in [0.15, 0.2) is 18.2 Å². The first kappa shape index (κ1) is 13.3. The van der Waals surface area contributed by atoms with Crippen molar-refractivity contribution in [2.45, 2.75) is 45.3 Å². The number of hydrogen-bond donors (Lipinski definition) is 1. The second-order valence-corrected chi connectivity index (χ2v) is 5.18. The molecule has 0 saturated heterocycles. The van der Waals surface area contributed by atoms with E-state index in [2.05, 4.69) is 19.2 Å². The summed E-state index contributed by atoms with van der Waals surface area (Å²) in [4.78, 5) is 0. The van der Waals surface area contributed by atoms with Crippen LogP contribution in [-0.4, -0.2) is 13.2 Å². The van der Waals surface area contributed by atoms with E-state index in [0.29, 0.717) is 5.92 Å². The first-order valence-electron chi connectivity index (χ1n) is 6.79. The van der Waals surface area contributed by atoms with E-state index in [4.69, 9.17) is 4.74 Å². The van der Waals surface area contributed by atoms with Crippen molar-refractivity contribution in [3.8, 4) is 5.75 Å². The Morgan fingerprint density at radius 2 is 2.28 bits per heavy atom. The van der Waals surface area contributed by atoms with Crippen molar-refractivity contribution in [2.24, 2.45) is 5.92 Å². The molecule has 0 aromatic heterocycles. The SMILES string of the molecule is CCCC(C)C1CC(NC)c2cc(F)ccc2O1. The Kier molecular flexibility index (Phi) is 4.23. The highest BCUT2D eigenvalue weighted by atomic mass is 19.1. The van der Waals surface area contributed by atoms with E-state index in [1.807, 2.05) is 7.05 Å². The van der Waals surface area contributed by atoms with Crippen molar-refractivity contribution >= 4 is 0 Å². The Morgan fingerprint density at radius 1 is 1.50 bits per heavy atom. The summed E-state index contributed by atoms with van der Waals surface area (Å²) < 4.78 is 19.3. The summed E-state index contributed by atoms with van der Waals surface area (Å²) in [6.07, 6.45) is 3.47. The Labute approximate surface area is 109 Å². The summed E-state index contributed by atoms with van der Waals surface area (Å²) >= 11 is 0. The molecule has 0 aliphatic carbocycles. The molecule has 0 spiro atoms. The molecule has 0 bridgehead atoms. The number of benzene rings is 1. The van der Waals surface area contributed by atoms with Crippen molar-refractivity contribution in [3.63, 3.8) is 0 Å². The number of rotatable bonds is 4. The highest BCUT2D eigenvalue weighted by molar-refractivity contribution is 5.38. The minimum absolute atomic E-state index is 0.189. The summed E-state index contributed by atoms with van der Waals surface area (Å²) in [5, 5.41) is 3.27. The van der Waals surface area contributed by atoms with Crippen molar-refractivity contribution in [2.75, 3.05) is 7.05 Å². The topological polar surface area (TPSA) is 21.3 Å². The smallest absolute Gasteiger partial charge is 0.124 e. The quantitative estimate of drug-likeness (QED) is 0.881. The average Bonchev–Trinajstić information content (AvgIpc) is 2.37. The molecule has 1 aromatic carbocycles. The molecule has 3 atom stereocenters. The largest absolute Gasteiger partial charge is 0.490 e. The summed E-state index contributed by atoms with van der Waals surface area (Å²) in [7, 11) is 1.92. The maximum atomic E-state index is 13.3. The molecule has 0 fully saturated rings. The molecule has 0 saturated carbocycles. The standard InChI is InChI=1S/C15H22FNO/c1-4-5-10(2)15-9-13(17-3)12-8-11(16)6-7-14(12)18-15/h6-8,10,13,15,17H,4-5,9H2,1-3H3. The molecule has 1 aromatic rings. The molecule has 0 amide bonds. The third kappa shape index (κ3) is 2.66. The number of ether oxygens (including phenoxy) is 1. The van der Waals surface area contributed by atoms with Gasteiger partial charge in [0.2, 0.25) is 0 Å². The fourth-order valence-electron chi connectivity index (χ4n) is 2.73. The molecule has 1 N–H and O–H groups in total. The van der Waals surface area contributed by atoms with Gasteiger partial charge in [0, 0.05) is 18.0 Å². The van der Waals surface area contributed by atoms with Gasteiger partial charge in [0.25, 0.3) is 0 Å². The van der Waals surface area contributed by atoms with Crippen molar-refractivity contribution in [3.05, 3.63) is 29.6 Å². The molecular weight excluding hydrogens is 229 g/mol. The van der Waals surface area contributed by atoms with E-state index >= 15 is 0 Å². The Hall–Kier alpha value is -1.09. The van der Waals surface area contributed by atoms with E-state index in [1.165, 1.54) is 12.5 Å². The molecule has 18 heavy (non-hydrogen) atoms. The summed E-state index contributed by atoms with van der Waals surface area (Å²) in [5.41, 5.74) is 0.942. The zero-order chi connectivity index (χ0) is 13.1. The minimum Gasteiger partial charge on any atom is -0.490 e. The molecule has 0 radical (unpaired) electrons. The predicted molar refractivity (Wildman–Crippen MR) is 71.3 cm³/mol. The molecule has 3 unspecified atom stereocenters. The third-order valence-corrected chi connectivity index (χ3v) is 3.82. The lowest BCUT2D eigenvalue weighted by Crippen LogP contribution is -2.35. The van der Waals surface area contributed by atoms with Gasteiger partial charge in [-0.2, -0.15) is 0 Å². The summed E-state index contributed by atoms with van der Waals surface area (Å²) in [5.74, 6) is 1.16. The van der Waals surface area contributed by atoms with Crippen LogP contribution in [0.4, 0.5) is 4.39 Å². The van der Waals surface area contributed by atoms with Crippen LogP contribution in [0.2, 0.25) is 0 Å². The van der Waals surface area contributed by atoms with Crippen LogP contribution < -0.4 is 10.1 Å². The van der Waals surface area contributed by atoms with Gasteiger partial charge in [-0.3, -0.25) is 0 Å². The molecule has 2 nitrogen and oxygen atoms in total.